The van der Waals surface area contributed by atoms with E-state index in [0.717, 1.165) is 11.1 Å². The van der Waals surface area contributed by atoms with Crippen molar-refractivity contribution in [3.05, 3.63) is 60.0 Å². The highest BCUT2D eigenvalue weighted by molar-refractivity contribution is 5.93. The summed E-state index contributed by atoms with van der Waals surface area (Å²) in [7, 11) is 0. The highest BCUT2D eigenvalue weighted by Crippen LogP contribution is 2.29. The maximum Gasteiger partial charge on any atom is 0.354 e. The molecule has 0 atom stereocenters. The van der Waals surface area contributed by atoms with Crippen molar-refractivity contribution >= 4 is 16.9 Å². The van der Waals surface area contributed by atoms with Gasteiger partial charge in [0.1, 0.15) is 11.5 Å². The summed E-state index contributed by atoms with van der Waals surface area (Å²) in [4.78, 5) is 19.4. The molecule has 0 aliphatic rings. The fourth-order valence-corrected chi connectivity index (χ4v) is 1.98. The Bertz CT molecular complexity index is 813. The van der Waals surface area contributed by atoms with Crippen LogP contribution in [0, 0.1) is 6.92 Å². The summed E-state index contributed by atoms with van der Waals surface area (Å²) in [5, 5.41) is 9.89. The van der Waals surface area contributed by atoms with Crippen molar-refractivity contribution in [2.45, 2.75) is 6.92 Å². The predicted molar refractivity (Wildman–Crippen MR) is 77.8 cm³/mol. The SMILES string of the molecule is Cc1ccc(Oc2cc(C(=O)O)nc3ccccc23)cn1. The van der Waals surface area contributed by atoms with Crippen LogP contribution in [0.15, 0.2) is 48.7 Å². The second kappa shape index (κ2) is 5.20. The number of fused-ring (bicyclic) bond motifs is 1. The maximum absolute atomic E-state index is 11.2. The van der Waals surface area contributed by atoms with Crippen molar-refractivity contribution in [2.75, 3.05) is 0 Å². The lowest BCUT2D eigenvalue weighted by Crippen LogP contribution is -2.01. The number of carbonyl (C=O) groups is 1. The molecule has 0 amide bonds. The fourth-order valence-electron chi connectivity index (χ4n) is 1.98. The molecule has 3 aromatic rings. The number of hydrogen-bond donors (Lipinski definition) is 1. The Morgan fingerprint density at radius 1 is 1.19 bits per heavy atom. The van der Waals surface area contributed by atoms with Gasteiger partial charge in [-0.3, -0.25) is 4.98 Å². The Kier molecular flexibility index (Phi) is 3.23. The molecule has 0 saturated heterocycles. The van der Waals surface area contributed by atoms with Gasteiger partial charge in [0.05, 0.1) is 11.7 Å². The van der Waals surface area contributed by atoms with Crippen LogP contribution >= 0.6 is 0 Å². The van der Waals surface area contributed by atoms with Crippen molar-refractivity contribution in [3.8, 4) is 11.5 Å². The van der Waals surface area contributed by atoms with E-state index in [1.807, 2.05) is 25.1 Å². The Morgan fingerprint density at radius 2 is 2.00 bits per heavy atom. The van der Waals surface area contributed by atoms with E-state index in [1.54, 1.807) is 24.4 Å². The smallest absolute Gasteiger partial charge is 0.354 e. The Hall–Kier alpha value is -2.95. The number of carboxylic acids is 1. The van der Waals surface area contributed by atoms with Gasteiger partial charge < -0.3 is 9.84 Å². The van der Waals surface area contributed by atoms with Crippen LogP contribution < -0.4 is 4.74 Å². The lowest BCUT2D eigenvalue weighted by atomic mass is 10.2. The van der Waals surface area contributed by atoms with E-state index in [9.17, 15) is 4.79 Å². The molecule has 0 aliphatic heterocycles. The third kappa shape index (κ3) is 2.67. The van der Waals surface area contributed by atoms with E-state index in [1.165, 1.54) is 6.07 Å². The molecular formula is C16H12N2O3. The first-order valence-corrected chi connectivity index (χ1v) is 6.37. The van der Waals surface area contributed by atoms with Gasteiger partial charge in [0.25, 0.3) is 0 Å². The van der Waals surface area contributed by atoms with Crippen LogP contribution in [-0.2, 0) is 0 Å². The zero-order chi connectivity index (χ0) is 14.8. The van der Waals surface area contributed by atoms with Crippen LogP contribution in [0.3, 0.4) is 0 Å². The van der Waals surface area contributed by atoms with Gasteiger partial charge in [-0.05, 0) is 31.2 Å². The molecule has 0 radical (unpaired) electrons. The van der Waals surface area contributed by atoms with Crippen molar-refractivity contribution in [2.24, 2.45) is 0 Å². The lowest BCUT2D eigenvalue weighted by Gasteiger charge is -2.09. The van der Waals surface area contributed by atoms with E-state index in [4.69, 9.17) is 9.84 Å². The molecule has 5 nitrogen and oxygen atoms in total. The number of carboxylic acid groups (broad SMARTS) is 1. The highest BCUT2D eigenvalue weighted by Gasteiger charge is 2.12. The summed E-state index contributed by atoms with van der Waals surface area (Å²) in [6.07, 6.45) is 1.60. The molecule has 0 spiro atoms. The van der Waals surface area contributed by atoms with Gasteiger partial charge in [0.2, 0.25) is 0 Å². The molecule has 21 heavy (non-hydrogen) atoms. The van der Waals surface area contributed by atoms with E-state index in [2.05, 4.69) is 9.97 Å². The Labute approximate surface area is 120 Å². The standard InChI is InChI=1S/C16H12N2O3/c1-10-6-7-11(9-17-10)21-15-8-14(16(19)20)18-13-5-3-2-4-12(13)15/h2-9H,1H3,(H,19,20). The molecule has 0 bridgehead atoms. The van der Waals surface area contributed by atoms with Crippen LogP contribution in [0.5, 0.6) is 11.5 Å². The Balaban J connectivity index is 2.11. The number of nitrogens with zero attached hydrogens (tertiary/aromatic N) is 2. The van der Waals surface area contributed by atoms with Gasteiger partial charge in [-0.2, -0.15) is 0 Å². The molecular weight excluding hydrogens is 268 g/mol. The van der Waals surface area contributed by atoms with Crippen LogP contribution in [0.4, 0.5) is 0 Å². The van der Waals surface area contributed by atoms with Crippen LogP contribution in [0.25, 0.3) is 10.9 Å². The summed E-state index contributed by atoms with van der Waals surface area (Å²) in [5.74, 6) is -0.0930. The monoisotopic (exact) mass is 280 g/mol. The largest absolute Gasteiger partial charge is 0.477 e. The molecule has 0 fully saturated rings. The van der Waals surface area contributed by atoms with Crippen LogP contribution in [0.2, 0.25) is 0 Å². The molecule has 1 aromatic carbocycles. The molecule has 0 saturated carbocycles. The Morgan fingerprint density at radius 3 is 2.71 bits per heavy atom. The lowest BCUT2D eigenvalue weighted by molar-refractivity contribution is 0.0690. The number of aryl methyl sites for hydroxylation is 1. The van der Waals surface area contributed by atoms with Crippen molar-refractivity contribution in [1.82, 2.24) is 9.97 Å². The molecule has 1 N–H and O–H groups in total. The molecule has 0 aliphatic carbocycles. The molecule has 2 aromatic heterocycles. The summed E-state index contributed by atoms with van der Waals surface area (Å²) in [5.41, 5.74) is 1.41. The molecule has 5 heteroatoms. The molecule has 0 unspecified atom stereocenters. The molecule has 104 valence electrons. The van der Waals surface area contributed by atoms with E-state index in [-0.39, 0.29) is 5.69 Å². The second-order valence-corrected chi connectivity index (χ2v) is 4.57. The average Bonchev–Trinajstić information content (AvgIpc) is 2.49. The first kappa shape index (κ1) is 13.1. The first-order valence-electron chi connectivity index (χ1n) is 6.37. The number of para-hydroxylation sites is 1. The van der Waals surface area contributed by atoms with Gasteiger partial charge in [0.15, 0.2) is 5.69 Å². The number of pyridine rings is 2. The van der Waals surface area contributed by atoms with Gasteiger partial charge in [-0.25, -0.2) is 9.78 Å². The quantitative estimate of drug-likeness (QED) is 0.795. The fraction of sp³-hybridized carbons (Fsp3) is 0.0625. The van der Waals surface area contributed by atoms with Crippen LogP contribution in [-0.4, -0.2) is 21.0 Å². The van der Waals surface area contributed by atoms with E-state index >= 15 is 0 Å². The maximum atomic E-state index is 11.2. The summed E-state index contributed by atoms with van der Waals surface area (Å²) in [6.45, 7) is 1.88. The minimum atomic E-state index is -1.09. The van der Waals surface area contributed by atoms with Gasteiger partial charge >= 0.3 is 5.97 Å². The van der Waals surface area contributed by atoms with Crippen molar-refractivity contribution in [1.29, 1.82) is 0 Å². The topological polar surface area (TPSA) is 72.3 Å². The minimum absolute atomic E-state index is 0.0521. The van der Waals surface area contributed by atoms with E-state index in [0.29, 0.717) is 17.0 Å². The number of rotatable bonds is 3. The van der Waals surface area contributed by atoms with Gasteiger partial charge in [-0.1, -0.05) is 12.1 Å². The predicted octanol–water partition coefficient (Wildman–Crippen LogP) is 3.43. The van der Waals surface area contributed by atoms with Gasteiger partial charge in [0, 0.05) is 17.1 Å². The van der Waals surface area contributed by atoms with Crippen LogP contribution in [0.1, 0.15) is 16.2 Å². The first-order chi connectivity index (χ1) is 10.1. The summed E-state index contributed by atoms with van der Waals surface area (Å²) < 4.78 is 5.77. The third-order valence-corrected chi connectivity index (χ3v) is 3.01. The number of benzene rings is 1. The van der Waals surface area contributed by atoms with Crippen molar-refractivity contribution in [3.63, 3.8) is 0 Å². The molecule has 2 heterocycles. The summed E-state index contributed by atoms with van der Waals surface area (Å²) in [6, 6.07) is 12.3. The second-order valence-electron chi connectivity index (χ2n) is 4.57. The normalized spacial score (nSPS) is 10.5. The number of ether oxygens (including phenoxy) is 1. The zero-order valence-electron chi connectivity index (χ0n) is 11.3. The number of aromatic carboxylic acids is 1. The minimum Gasteiger partial charge on any atom is -0.477 e. The molecule has 3 rings (SSSR count). The number of hydrogen-bond acceptors (Lipinski definition) is 4. The van der Waals surface area contributed by atoms with E-state index < -0.39 is 5.97 Å². The third-order valence-electron chi connectivity index (χ3n) is 3.01. The average molecular weight is 280 g/mol. The summed E-state index contributed by atoms with van der Waals surface area (Å²) >= 11 is 0. The highest BCUT2D eigenvalue weighted by atomic mass is 16.5. The van der Waals surface area contributed by atoms with Crippen molar-refractivity contribution < 1.29 is 14.6 Å². The number of aromatic nitrogens is 2. The zero-order valence-corrected chi connectivity index (χ0v) is 11.3. The van der Waals surface area contributed by atoms with Gasteiger partial charge in [-0.15, -0.1) is 0 Å².